The molecular formula is C13H24N4. The van der Waals surface area contributed by atoms with E-state index < -0.39 is 0 Å². The van der Waals surface area contributed by atoms with Crippen LogP contribution >= 0.6 is 0 Å². The van der Waals surface area contributed by atoms with E-state index in [0.717, 1.165) is 25.3 Å². The van der Waals surface area contributed by atoms with Crippen molar-refractivity contribution in [3.8, 4) is 0 Å². The van der Waals surface area contributed by atoms with Crippen LogP contribution in [0.2, 0.25) is 0 Å². The number of aromatic nitrogens is 3. The molecule has 0 aliphatic heterocycles. The van der Waals surface area contributed by atoms with Crippen LogP contribution in [0.25, 0.3) is 0 Å². The van der Waals surface area contributed by atoms with Crippen LogP contribution in [-0.2, 0) is 13.5 Å². The van der Waals surface area contributed by atoms with Gasteiger partial charge in [-0.3, -0.25) is 4.68 Å². The second kappa shape index (κ2) is 5.96. The van der Waals surface area contributed by atoms with E-state index in [9.17, 15) is 0 Å². The molecule has 0 saturated carbocycles. The molecule has 0 aromatic carbocycles. The molecule has 1 aromatic heterocycles. The lowest BCUT2D eigenvalue weighted by Crippen LogP contribution is -2.34. The first-order chi connectivity index (χ1) is 7.97. The highest BCUT2D eigenvalue weighted by molar-refractivity contribution is 5.01. The smallest absolute Gasteiger partial charge is 0.138 e. The highest BCUT2D eigenvalue weighted by Gasteiger charge is 2.22. The largest absolute Gasteiger partial charge is 0.316 e. The van der Waals surface area contributed by atoms with Crippen molar-refractivity contribution in [3.63, 3.8) is 0 Å². The third-order valence-electron chi connectivity index (χ3n) is 2.94. The first-order valence-corrected chi connectivity index (χ1v) is 6.14. The van der Waals surface area contributed by atoms with Gasteiger partial charge in [-0.1, -0.05) is 26.8 Å². The van der Waals surface area contributed by atoms with Crippen LogP contribution in [0.15, 0.2) is 19.0 Å². The fourth-order valence-electron chi connectivity index (χ4n) is 1.69. The summed E-state index contributed by atoms with van der Waals surface area (Å²) in [5.41, 5.74) is 0.0235. The lowest BCUT2D eigenvalue weighted by Gasteiger charge is -2.26. The second-order valence-corrected chi connectivity index (χ2v) is 5.36. The first-order valence-electron chi connectivity index (χ1n) is 6.14. The molecule has 96 valence electrons. The van der Waals surface area contributed by atoms with Crippen LogP contribution in [0.1, 0.15) is 26.6 Å². The summed E-state index contributed by atoms with van der Waals surface area (Å²) < 4.78 is 1.82. The van der Waals surface area contributed by atoms with Gasteiger partial charge in [-0.05, 0) is 12.5 Å². The molecule has 1 aromatic rings. The van der Waals surface area contributed by atoms with Gasteiger partial charge in [0.05, 0.1) is 0 Å². The predicted molar refractivity (Wildman–Crippen MR) is 70.7 cm³/mol. The third kappa shape index (κ3) is 4.30. The summed E-state index contributed by atoms with van der Waals surface area (Å²) in [6.45, 7) is 12.5. The Kier molecular flexibility index (Phi) is 4.87. The molecule has 0 saturated heterocycles. The molecule has 4 heteroatoms. The topological polar surface area (TPSA) is 42.7 Å². The molecule has 1 heterocycles. The molecule has 1 rings (SSSR count). The summed E-state index contributed by atoms with van der Waals surface area (Å²) in [5.74, 6) is 1.66. The molecule has 1 atom stereocenters. The minimum atomic E-state index is 0.0235. The summed E-state index contributed by atoms with van der Waals surface area (Å²) in [6, 6.07) is 0. The lowest BCUT2D eigenvalue weighted by molar-refractivity contribution is 0.366. The van der Waals surface area contributed by atoms with Gasteiger partial charge < -0.3 is 5.32 Å². The molecule has 0 spiro atoms. The number of rotatable bonds is 7. The van der Waals surface area contributed by atoms with Gasteiger partial charge in [0.25, 0.3) is 0 Å². The molecule has 0 radical (unpaired) electrons. The SMILES string of the molecule is C=CC(C)(CNCC(C)C)Cc1ncnn1C. The molecule has 0 aliphatic carbocycles. The number of hydrogen-bond donors (Lipinski definition) is 1. The molecule has 0 fully saturated rings. The van der Waals surface area contributed by atoms with Gasteiger partial charge in [-0.25, -0.2) is 4.98 Å². The van der Waals surface area contributed by atoms with E-state index in [2.05, 4.69) is 42.7 Å². The Morgan fingerprint density at radius 3 is 2.76 bits per heavy atom. The van der Waals surface area contributed by atoms with E-state index in [1.54, 1.807) is 6.33 Å². The van der Waals surface area contributed by atoms with Crippen LogP contribution in [-0.4, -0.2) is 27.9 Å². The van der Waals surface area contributed by atoms with Gasteiger partial charge in [-0.2, -0.15) is 5.10 Å². The number of hydrogen-bond acceptors (Lipinski definition) is 3. The van der Waals surface area contributed by atoms with Crippen molar-refractivity contribution in [2.45, 2.75) is 27.2 Å². The Bertz CT molecular complexity index is 356. The highest BCUT2D eigenvalue weighted by Crippen LogP contribution is 2.21. The van der Waals surface area contributed by atoms with Crippen LogP contribution in [0.3, 0.4) is 0 Å². The van der Waals surface area contributed by atoms with Gasteiger partial charge in [0.2, 0.25) is 0 Å². The van der Waals surface area contributed by atoms with Gasteiger partial charge in [0, 0.05) is 25.4 Å². The number of aryl methyl sites for hydroxylation is 1. The van der Waals surface area contributed by atoms with Gasteiger partial charge in [-0.15, -0.1) is 6.58 Å². The highest BCUT2D eigenvalue weighted by atomic mass is 15.3. The molecule has 0 amide bonds. The van der Waals surface area contributed by atoms with Crippen molar-refractivity contribution in [1.29, 1.82) is 0 Å². The average Bonchev–Trinajstić information content (AvgIpc) is 2.64. The van der Waals surface area contributed by atoms with E-state index >= 15 is 0 Å². The molecule has 1 unspecified atom stereocenters. The van der Waals surface area contributed by atoms with Crippen molar-refractivity contribution in [1.82, 2.24) is 20.1 Å². The van der Waals surface area contributed by atoms with Gasteiger partial charge in [0.15, 0.2) is 0 Å². The quantitative estimate of drug-likeness (QED) is 0.734. The Labute approximate surface area is 104 Å². The molecule has 0 aliphatic rings. The predicted octanol–water partition coefficient (Wildman–Crippen LogP) is 1.80. The van der Waals surface area contributed by atoms with E-state index in [4.69, 9.17) is 0 Å². The minimum Gasteiger partial charge on any atom is -0.316 e. The maximum Gasteiger partial charge on any atom is 0.138 e. The summed E-state index contributed by atoms with van der Waals surface area (Å²) in [4.78, 5) is 4.27. The standard InChI is InChI=1S/C13H24N4/c1-6-13(4,9-14-8-11(2)3)7-12-15-10-16-17(12)5/h6,10-11,14H,1,7-9H2,2-5H3. The van der Waals surface area contributed by atoms with Crippen molar-refractivity contribution < 1.29 is 0 Å². The normalized spacial score (nSPS) is 14.9. The Morgan fingerprint density at radius 2 is 2.29 bits per heavy atom. The zero-order valence-corrected chi connectivity index (χ0v) is 11.4. The Balaban J connectivity index is 2.56. The average molecular weight is 236 g/mol. The zero-order chi connectivity index (χ0) is 12.9. The summed E-state index contributed by atoms with van der Waals surface area (Å²) in [6.07, 6.45) is 4.47. The van der Waals surface area contributed by atoms with Crippen LogP contribution in [0.5, 0.6) is 0 Å². The summed E-state index contributed by atoms with van der Waals surface area (Å²) >= 11 is 0. The monoisotopic (exact) mass is 236 g/mol. The van der Waals surface area contributed by atoms with Gasteiger partial charge in [0.1, 0.15) is 12.2 Å². The van der Waals surface area contributed by atoms with Crippen LogP contribution < -0.4 is 5.32 Å². The van der Waals surface area contributed by atoms with Crippen molar-refractivity contribution >= 4 is 0 Å². The Morgan fingerprint density at radius 1 is 1.59 bits per heavy atom. The fourth-order valence-corrected chi connectivity index (χ4v) is 1.69. The van der Waals surface area contributed by atoms with Crippen LogP contribution in [0.4, 0.5) is 0 Å². The van der Waals surface area contributed by atoms with E-state index in [1.165, 1.54) is 0 Å². The molecule has 0 bridgehead atoms. The lowest BCUT2D eigenvalue weighted by atomic mass is 9.86. The third-order valence-corrected chi connectivity index (χ3v) is 2.94. The van der Waals surface area contributed by atoms with Crippen LogP contribution in [0, 0.1) is 11.3 Å². The van der Waals surface area contributed by atoms with E-state index in [-0.39, 0.29) is 5.41 Å². The van der Waals surface area contributed by atoms with E-state index in [0.29, 0.717) is 5.92 Å². The zero-order valence-electron chi connectivity index (χ0n) is 11.4. The number of nitrogens with one attached hydrogen (secondary N) is 1. The summed E-state index contributed by atoms with van der Waals surface area (Å²) in [7, 11) is 1.92. The molecule has 17 heavy (non-hydrogen) atoms. The van der Waals surface area contributed by atoms with Crippen molar-refractivity contribution in [2.75, 3.05) is 13.1 Å². The minimum absolute atomic E-state index is 0.0235. The summed E-state index contributed by atoms with van der Waals surface area (Å²) in [5, 5.41) is 7.57. The van der Waals surface area contributed by atoms with Crippen molar-refractivity contribution in [3.05, 3.63) is 24.8 Å². The molecule has 1 N–H and O–H groups in total. The van der Waals surface area contributed by atoms with E-state index in [1.807, 2.05) is 17.8 Å². The number of nitrogens with zero attached hydrogens (tertiary/aromatic N) is 3. The molecular weight excluding hydrogens is 212 g/mol. The maximum atomic E-state index is 4.27. The first kappa shape index (κ1) is 13.9. The Hall–Kier alpha value is -1.16. The molecule has 4 nitrogen and oxygen atoms in total. The van der Waals surface area contributed by atoms with Gasteiger partial charge >= 0.3 is 0 Å². The van der Waals surface area contributed by atoms with Crippen molar-refractivity contribution in [2.24, 2.45) is 18.4 Å². The second-order valence-electron chi connectivity index (χ2n) is 5.36. The maximum absolute atomic E-state index is 4.27. The fraction of sp³-hybridized carbons (Fsp3) is 0.692.